The molecule has 0 amide bonds. The Hall–Kier alpha value is -0.760. The summed E-state index contributed by atoms with van der Waals surface area (Å²) in [6.45, 7) is 2.03. The molecule has 0 saturated carbocycles. The van der Waals surface area contributed by atoms with Crippen molar-refractivity contribution in [1.29, 1.82) is 0 Å². The van der Waals surface area contributed by atoms with Crippen molar-refractivity contribution in [2.24, 2.45) is 0 Å². The van der Waals surface area contributed by atoms with E-state index in [1.807, 2.05) is 6.92 Å². The maximum atomic E-state index is 5.63. The molecule has 0 radical (unpaired) electrons. The average molecular weight is 157 g/mol. The van der Waals surface area contributed by atoms with E-state index in [1.54, 1.807) is 12.3 Å². The van der Waals surface area contributed by atoms with Crippen molar-refractivity contribution >= 4 is 17.3 Å². The standard InChI is InChI=1S/C7H9ClN2/c1-2-5-3-7(8)10-4-6(5)9/h3-4H,2,9H2,1H3. The van der Waals surface area contributed by atoms with Crippen molar-refractivity contribution in [2.45, 2.75) is 13.3 Å². The molecule has 54 valence electrons. The number of hydrogen-bond donors (Lipinski definition) is 1. The van der Waals surface area contributed by atoms with Gasteiger partial charge in [0.25, 0.3) is 0 Å². The molecule has 0 bridgehead atoms. The molecular weight excluding hydrogens is 148 g/mol. The van der Waals surface area contributed by atoms with E-state index in [0.29, 0.717) is 10.8 Å². The van der Waals surface area contributed by atoms with Crippen LogP contribution in [0.4, 0.5) is 5.69 Å². The molecule has 3 heteroatoms. The fraction of sp³-hybridized carbons (Fsp3) is 0.286. The predicted molar refractivity (Wildman–Crippen MR) is 43.0 cm³/mol. The van der Waals surface area contributed by atoms with Crippen LogP contribution in [0.25, 0.3) is 0 Å². The van der Waals surface area contributed by atoms with Gasteiger partial charge in [-0.1, -0.05) is 18.5 Å². The van der Waals surface area contributed by atoms with Gasteiger partial charge < -0.3 is 5.73 Å². The molecule has 0 aromatic carbocycles. The van der Waals surface area contributed by atoms with Crippen LogP contribution in [-0.2, 0) is 6.42 Å². The summed E-state index contributed by atoms with van der Waals surface area (Å²) in [6.07, 6.45) is 2.48. The second-order valence-corrected chi connectivity index (χ2v) is 2.45. The Bertz CT molecular complexity index is 235. The fourth-order valence-corrected chi connectivity index (χ4v) is 0.965. The molecule has 1 aromatic heterocycles. The number of rotatable bonds is 1. The van der Waals surface area contributed by atoms with Crippen molar-refractivity contribution < 1.29 is 0 Å². The van der Waals surface area contributed by atoms with Crippen LogP contribution in [0.5, 0.6) is 0 Å². The van der Waals surface area contributed by atoms with Crippen molar-refractivity contribution in [3.8, 4) is 0 Å². The Morgan fingerprint density at radius 3 is 2.90 bits per heavy atom. The lowest BCUT2D eigenvalue weighted by atomic mass is 10.2. The second kappa shape index (κ2) is 2.88. The van der Waals surface area contributed by atoms with Gasteiger partial charge in [-0.05, 0) is 18.1 Å². The molecule has 0 aliphatic rings. The first kappa shape index (κ1) is 7.35. The maximum absolute atomic E-state index is 5.63. The van der Waals surface area contributed by atoms with Crippen LogP contribution in [0.15, 0.2) is 12.3 Å². The Morgan fingerprint density at radius 1 is 1.70 bits per heavy atom. The minimum Gasteiger partial charge on any atom is -0.397 e. The zero-order valence-electron chi connectivity index (χ0n) is 5.76. The van der Waals surface area contributed by atoms with E-state index in [1.165, 1.54) is 0 Å². The molecule has 0 aliphatic heterocycles. The molecule has 0 fully saturated rings. The highest BCUT2D eigenvalue weighted by Crippen LogP contribution is 2.14. The summed E-state index contributed by atoms with van der Waals surface area (Å²) in [5.41, 5.74) is 7.35. The summed E-state index contributed by atoms with van der Waals surface area (Å²) >= 11 is 5.63. The maximum Gasteiger partial charge on any atom is 0.129 e. The SMILES string of the molecule is CCc1cc(Cl)ncc1N. The van der Waals surface area contributed by atoms with E-state index in [0.717, 1.165) is 12.0 Å². The number of nitrogens with zero attached hydrogens (tertiary/aromatic N) is 1. The third kappa shape index (κ3) is 1.39. The first-order chi connectivity index (χ1) is 4.74. The summed E-state index contributed by atoms with van der Waals surface area (Å²) in [4.78, 5) is 3.83. The van der Waals surface area contributed by atoms with Crippen LogP contribution in [-0.4, -0.2) is 4.98 Å². The Balaban J connectivity index is 3.09. The summed E-state index contributed by atoms with van der Waals surface area (Å²) in [5.74, 6) is 0. The number of pyridine rings is 1. The van der Waals surface area contributed by atoms with Gasteiger partial charge in [-0.15, -0.1) is 0 Å². The highest BCUT2D eigenvalue weighted by atomic mass is 35.5. The van der Waals surface area contributed by atoms with Gasteiger partial charge in [0.15, 0.2) is 0 Å². The van der Waals surface area contributed by atoms with Crippen LogP contribution in [0, 0.1) is 0 Å². The Kier molecular flexibility index (Phi) is 2.12. The van der Waals surface area contributed by atoms with Gasteiger partial charge in [0, 0.05) is 0 Å². The number of hydrogen-bond acceptors (Lipinski definition) is 2. The highest BCUT2D eigenvalue weighted by molar-refractivity contribution is 6.29. The zero-order valence-corrected chi connectivity index (χ0v) is 6.52. The Labute approximate surface area is 65.0 Å². The van der Waals surface area contributed by atoms with Gasteiger partial charge in [-0.3, -0.25) is 0 Å². The molecule has 0 aliphatic carbocycles. The number of nitrogens with two attached hydrogens (primary N) is 1. The quantitative estimate of drug-likeness (QED) is 0.631. The molecule has 0 spiro atoms. The fourth-order valence-electron chi connectivity index (χ4n) is 0.785. The normalized spacial score (nSPS) is 9.80. The molecule has 0 atom stereocenters. The van der Waals surface area contributed by atoms with Crippen LogP contribution in [0.3, 0.4) is 0 Å². The third-order valence-electron chi connectivity index (χ3n) is 1.37. The third-order valence-corrected chi connectivity index (χ3v) is 1.58. The van der Waals surface area contributed by atoms with E-state index >= 15 is 0 Å². The van der Waals surface area contributed by atoms with Gasteiger partial charge in [0.05, 0.1) is 11.9 Å². The second-order valence-electron chi connectivity index (χ2n) is 2.06. The smallest absolute Gasteiger partial charge is 0.129 e. The van der Waals surface area contributed by atoms with E-state index in [4.69, 9.17) is 17.3 Å². The number of aromatic nitrogens is 1. The zero-order chi connectivity index (χ0) is 7.56. The molecule has 2 nitrogen and oxygen atoms in total. The minimum atomic E-state index is 0.506. The van der Waals surface area contributed by atoms with Crippen LogP contribution < -0.4 is 5.73 Å². The summed E-state index contributed by atoms with van der Waals surface area (Å²) in [5, 5.41) is 0.506. The lowest BCUT2D eigenvalue weighted by Gasteiger charge is -2.00. The monoisotopic (exact) mass is 156 g/mol. The largest absolute Gasteiger partial charge is 0.397 e. The van der Waals surface area contributed by atoms with Gasteiger partial charge in [-0.2, -0.15) is 0 Å². The van der Waals surface area contributed by atoms with Gasteiger partial charge in [0.1, 0.15) is 5.15 Å². The van der Waals surface area contributed by atoms with E-state index in [9.17, 15) is 0 Å². The molecule has 1 aromatic rings. The van der Waals surface area contributed by atoms with Crippen LogP contribution >= 0.6 is 11.6 Å². The minimum absolute atomic E-state index is 0.506. The summed E-state index contributed by atoms with van der Waals surface area (Å²) in [7, 11) is 0. The van der Waals surface area contributed by atoms with E-state index in [-0.39, 0.29) is 0 Å². The number of anilines is 1. The highest BCUT2D eigenvalue weighted by Gasteiger charge is 1.96. The van der Waals surface area contributed by atoms with Crippen molar-refractivity contribution in [2.75, 3.05) is 5.73 Å². The molecule has 10 heavy (non-hydrogen) atoms. The number of aryl methyl sites for hydroxylation is 1. The molecule has 2 N–H and O–H groups in total. The van der Waals surface area contributed by atoms with Gasteiger partial charge in [0.2, 0.25) is 0 Å². The van der Waals surface area contributed by atoms with Crippen molar-refractivity contribution in [3.63, 3.8) is 0 Å². The topological polar surface area (TPSA) is 38.9 Å². The summed E-state index contributed by atoms with van der Waals surface area (Å²) < 4.78 is 0. The van der Waals surface area contributed by atoms with Crippen molar-refractivity contribution in [3.05, 3.63) is 23.0 Å². The van der Waals surface area contributed by atoms with Gasteiger partial charge >= 0.3 is 0 Å². The number of nitrogen functional groups attached to an aromatic ring is 1. The van der Waals surface area contributed by atoms with Gasteiger partial charge in [-0.25, -0.2) is 4.98 Å². The lowest BCUT2D eigenvalue weighted by molar-refractivity contribution is 1.12. The molecular formula is C7H9ClN2. The first-order valence-electron chi connectivity index (χ1n) is 3.14. The number of halogens is 1. The summed E-state index contributed by atoms with van der Waals surface area (Å²) in [6, 6.07) is 1.79. The molecule has 0 saturated heterocycles. The first-order valence-corrected chi connectivity index (χ1v) is 3.51. The lowest BCUT2D eigenvalue weighted by Crippen LogP contribution is -1.93. The average Bonchev–Trinajstić information content (AvgIpc) is 1.94. The predicted octanol–water partition coefficient (Wildman–Crippen LogP) is 1.88. The molecule has 1 heterocycles. The van der Waals surface area contributed by atoms with Crippen LogP contribution in [0.1, 0.15) is 12.5 Å². The van der Waals surface area contributed by atoms with E-state index < -0.39 is 0 Å². The Morgan fingerprint density at radius 2 is 2.40 bits per heavy atom. The molecule has 0 unspecified atom stereocenters. The van der Waals surface area contributed by atoms with E-state index in [2.05, 4.69) is 4.98 Å². The van der Waals surface area contributed by atoms with Crippen LogP contribution in [0.2, 0.25) is 5.15 Å². The van der Waals surface area contributed by atoms with Crippen molar-refractivity contribution in [1.82, 2.24) is 4.98 Å². The molecule has 1 rings (SSSR count).